The molecular formula is C57H39N. The highest BCUT2D eigenvalue weighted by atomic mass is 14.3. The second-order valence-electron chi connectivity index (χ2n) is 14.8. The molecule has 0 heterocycles. The number of hydrogen-bond donors (Lipinski definition) is 1. The van der Waals surface area contributed by atoms with Gasteiger partial charge in [0.15, 0.2) is 0 Å². The lowest BCUT2D eigenvalue weighted by molar-refractivity contribution is 1.53. The minimum Gasteiger partial charge on any atom is -0.308 e. The van der Waals surface area contributed by atoms with Gasteiger partial charge in [-0.3, -0.25) is 0 Å². The molecule has 10 aromatic carbocycles. The average Bonchev–Trinajstić information content (AvgIpc) is 3.31. The average molecular weight is 738 g/mol. The fourth-order valence-corrected chi connectivity index (χ4v) is 8.84. The summed E-state index contributed by atoms with van der Waals surface area (Å²) >= 11 is 0. The molecule has 0 saturated carbocycles. The Morgan fingerprint density at radius 3 is 1.05 bits per heavy atom. The van der Waals surface area contributed by atoms with Gasteiger partial charge in [-0.25, -0.2) is 0 Å². The molecule has 1 nitrogen and oxygen atoms in total. The molecule has 1 heteroatoms. The molecular weight excluding hydrogens is 699 g/mol. The summed E-state index contributed by atoms with van der Waals surface area (Å²) < 4.78 is 0. The predicted octanol–water partition coefficient (Wildman–Crippen LogP) is 15.7. The van der Waals surface area contributed by atoms with Gasteiger partial charge in [-0.2, -0.15) is 0 Å². The molecule has 0 unspecified atom stereocenters. The molecule has 0 bridgehead atoms. The molecule has 0 aromatic heterocycles. The van der Waals surface area contributed by atoms with Crippen LogP contribution in [0.2, 0.25) is 0 Å². The molecule has 0 fully saturated rings. The summed E-state index contributed by atoms with van der Waals surface area (Å²) in [6, 6.07) is 81.0. The highest BCUT2D eigenvalue weighted by Crippen LogP contribution is 2.51. The van der Waals surface area contributed by atoms with Crippen molar-refractivity contribution < 1.29 is 0 Å². The Morgan fingerprint density at radius 1 is 0.241 bits per heavy atom. The quantitative estimate of drug-likeness (QED) is 0.119. The van der Waals surface area contributed by atoms with E-state index >= 15 is 0 Å². The van der Waals surface area contributed by atoms with Gasteiger partial charge in [0.2, 0.25) is 0 Å². The van der Waals surface area contributed by atoms with Crippen LogP contribution in [0.25, 0.3) is 99.4 Å². The molecule has 0 amide bonds. The van der Waals surface area contributed by atoms with Crippen molar-refractivity contribution in [2.45, 2.75) is 0 Å². The summed E-state index contributed by atoms with van der Waals surface area (Å²) in [4.78, 5) is 0. The van der Waals surface area contributed by atoms with Gasteiger partial charge in [-0.15, -0.1) is 0 Å². The van der Waals surface area contributed by atoms with E-state index in [-0.39, 0.29) is 0 Å². The number of nitrogens with one attached hydrogen (secondary N) is 1. The Hall–Kier alpha value is -7.61. The Labute approximate surface area is 339 Å². The Bertz CT molecular complexity index is 3040. The van der Waals surface area contributed by atoms with Crippen molar-refractivity contribution >= 4 is 27.8 Å². The van der Waals surface area contributed by atoms with Gasteiger partial charge in [0.05, 0.1) is 0 Å². The lowest BCUT2D eigenvalue weighted by atomic mass is 9.78. The van der Waals surface area contributed by atoms with Gasteiger partial charge in [0.1, 0.15) is 0 Å². The number of rotatable bonds is 8. The van der Waals surface area contributed by atoms with E-state index in [0.29, 0.717) is 0 Å². The van der Waals surface area contributed by atoms with Crippen LogP contribution in [0.4, 0.5) is 0 Å². The fourth-order valence-electron chi connectivity index (χ4n) is 8.84. The highest BCUT2D eigenvalue weighted by molar-refractivity contribution is 6.21. The molecule has 58 heavy (non-hydrogen) atoms. The van der Waals surface area contributed by atoms with Crippen LogP contribution in [0.5, 0.6) is 0 Å². The number of hydrogen-bond acceptors (Lipinski definition) is 1. The van der Waals surface area contributed by atoms with Crippen LogP contribution < -0.4 is 0 Å². The van der Waals surface area contributed by atoms with E-state index in [2.05, 4.69) is 218 Å². The van der Waals surface area contributed by atoms with Gasteiger partial charge >= 0.3 is 0 Å². The van der Waals surface area contributed by atoms with E-state index in [4.69, 9.17) is 5.41 Å². The van der Waals surface area contributed by atoms with E-state index in [1.54, 1.807) is 0 Å². The molecule has 0 saturated heterocycles. The third-order valence-corrected chi connectivity index (χ3v) is 11.3. The zero-order chi connectivity index (χ0) is 38.8. The minimum absolute atomic E-state index is 0.889. The maximum atomic E-state index is 7.99. The van der Waals surface area contributed by atoms with Crippen LogP contribution in [-0.4, -0.2) is 6.21 Å². The standard InChI is InChI=1S/C57H39N/c58-38-39-19-17-29-45(35-39)53-47-31-13-15-33-49(47)54(50-34-16-14-32-48(50)53)46-30-18-28-44(36-46)52-37-51(40-20-5-1-6-21-40)55(41-22-7-2-8-23-41)57(43-26-11-4-12-27-43)56(52)42-24-9-3-10-25-42/h1-38,58H. The third kappa shape index (κ3) is 6.20. The zero-order valence-electron chi connectivity index (χ0n) is 31.9. The summed E-state index contributed by atoms with van der Waals surface area (Å²) in [5.74, 6) is 0. The molecule has 0 aliphatic rings. The first-order chi connectivity index (χ1) is 28.8. The second kappa shape index (κ2) is 15.1. The van der Waals surface area contributed by atoms with E-state index in [0.717, 1.165) is 16.7 Å². The zero-order valence-corrected chi connectivity index (χ0v) is 31.9. The summed E-state index contributed by atoms with van der Waals surface area (Å²) in [6.45, 7) is 0. The van der Waals surface area contributed by atoms with Crippen LogP contribution >= 0.6 is 0 Å². The normalized spacial score (nSPS) is 11.2. The molecule has 0 atom stereocenters. The first kappa shape index (κ1) is 34.8. The van der Waals surface area contributed by atoms with Gasteiger partial charge in [-0.05, 0) is 123 Å². The van der Waals surface area contributed by atoms with Crippen LogP contribution in [0.3, 0.4) is 0 Å². The Kier molecular flexibility index (Phi) is 9.10. The summed E-state index contributed by atoms with van der Waals surface area (Å²) in [6.07, 6.45) is 1.43. The van der Waals surface area contributed by atoms with Gasteiger partial charge in [-0.1, -0.05) is 206 Å². The van der Waals surface area contributed by atoms with Crippen LogP contribution in [0.1, 0.15) is 5.56 Å². The molecule has 0 aliphatic carbocycles. The van der Waals surface area contributed by atoms with Crippen molar-refractivity contribution in [3.8, 4) is 77.9 Å². The van der Waals surface area contributed by atoms with Crippen molar-refractivity contribution in [1.29, 1.82) is 5.41 Å². The summed E-state index contributed by atoms with van der Waals surface area (Å²) in [7, 11) is 0. The first-order valence-electron chi connectivity index (χ1n) is 19.8. The van der Waals surface area contributed by atoms with Crippen molar-refractivity contribution in [1.82, 2.24) is 0 Å². The van der Waals surface area contributed by atoms with Crippen molar-refractivity contribution in [3.63, 3.8) is 0 Å². The molecule has 0 spiro atoms. The Morgan fingerprint density at radius 2 is 0.586 bits per heavy atom. The summed E-state index contributed by atoms with van der Waals surface area (Å²) in [5, 5.41) is 12.8. The minimum atomic E-state index is 0.889. The fraction of sp³-hybridized carbons (Fsp3) is 0. The lowest BCUT2D eigenvalue weighted by Gasteiger charge is -2.25. The van der Waals surface area contributed by atoms with E-state index in [9.17, 15) is 0 Å². The maximum absolute atomic E-state index is 7.99. The SMILES string of the molecule is N=Cc1cccc(-c2c3ccccc3c(-c3cccc(-c4cc(-c5ccccc5)c(-c5ccccc5)c(-c5ccccc5)c4-c4ccccc4)c3)c3ccccc23)c1. The maximum Gasteiger partial charge on any atom is 0.0250 e. The smallest absolute Gasteiger partial charge is 0.0250 e. The molecule has 272 valence electrons. The number of fused-ring (bicyclic) bond motifs is 2. The molecule has 0 aliphatic heterocycles. The van der Waals surface area contributed by atoms with Crippen LogP contribution in [0.15, 0.2) is 224 Å². The van der Waals surface area contributed by atoms with Gasteiger partial charge < -0.3 is 5.41 Å². The van der Waals surface area contributed by atoms with Gasteiger partial charge in [0.25, 0.3) is 0 Å². The largest absolute Gasteiger partial charge is 0.308 e. The molecule has 10 aromatic rings. The molecule has 1 N–H and O–H groups in total. The first-order valence-corrected chi connectivity index (χ1v) is 19.8. The Balaban J connectivity index is 1.31. The van der Waals surface area contributed by atoms with E-state index < -0.39 is 0 Å². The molecule has 0 radical (unpaired) electrons. The predicted molar refractivity (Wildman–Crippen MR) is 247 cm³/mol. The molecule has 10 rings (SSSR count). The van der Waals surface area contributed by atoms with Crippen molar-refractivity contribution in [3.05, 3.63) is 230 Å². The van der Waals surface area contributed by atoms with Crippen molar-refractivity contribution in [2.24, 2.45) is 0 Å². The van der Waals surface area contributed by atoms with E-state index in [1.165, 1.54) is 94.5 Å². The monoisotopic (exact) mass is 737 g/mol. The van der Waals surface area contributed by atoms with Gasteiger partial charge in [0, 0.05) is 6.21 Å². The van der Waals surface area contributed by atoms with Crippen molar-refractivity contribution in [2.75, 3.05) is 0 Å². The summed E-state index contributed by atoms with van der Waals surface area (Å²) in [5.41, 5.74) is 17.4. The van der Waals surface area contributed by atoms with Crippen LogP contribution in [-0.2, 0) is 0 Å². The topological polar surface area (TPSA) is 23.9 Å². The highest BCUT2D eigenvalue weighted by Gasteiger charge is 2.24. The van der Waals surface area contributed by atoms with E-state index in [1.807, 2.05) is 6.07 Å². The third-order valence-electron chi connectivity index (χ3n) is 11.3. The second-order valence-corrected chi connectivity index (χ2v) is 14.8. The number of benzene rings is 10. The van der Waals surface area contributed by atoms with Crippen LogP contribution in [0, 0.1) is 5.41 Å². The lowest BCUT2D eigenvalue weighted by Crippen LogP contribution is -1.98.